The summed E-state index contributed by atoms with van der Waals surface area (Å²) >= 11 is 0. The molecule has 20 heavy (non-hydrogen) atoms. The molecule has 0 fully saturated rings. The number of unbranched alkanes of at least 4 members (excludes halogenated alkanes) is 1. The van der Waals surface area contributed by atoms with Crippen LogP contribution in [0.5, 0.6) is 0 Å². The molecule has 0 saturated heterocycles. The van der Waals surface area contributed by atoms with Gasteiger partial charge in [-0.1, -0.05) is 48.7 Å². The third-order valence-electron chi connectivity index (χ3n) is 3.85. The van der Waals surface area contributed by atoms with Gasteiger partial charge >= 0.3 is 5.95 Å². The Balaban J connectivity index is 2.03. The lowest BCUT2D eigenvalue weighted by atomic mass is 10.0. The lowest BCUT2D eigenvalue weighted by Crippen LogP contribution is -2.46. The molecule has 2 heterocycles. The van der Waals surface area contributed by atoms with E-state index in [0.717, 1.165) is 30.9 Å². The van der Waals surface area contributed by atoms with Crippen LogP contribution in [0.3, 0.4) is 0 Å². The van der Waals surface area contributed by atoms with Crippen molar-refractivity contribution in [3.05, 3.63) is 54.4 Å². The molecule has 0 saturated carbocycles. The maximum atomic E-state index is 11.2. The van der Waals surface area contributed by atoms with Crippen LogP contribution < -0.4 is 9.47 Å². The van der Waals surface area contributed by atoms with Crippen molar-refractivity contribution in [3.8, 4) is 0 Å². The van der Waals surface area contributed by atoms with E-state index in [-0.39, 0.29) is 0 Å². The van der Waals surface area contributed by atoms with Gasteiger partial charge in [0.2, 0.25) is 5.72 Å². The molecule has 1 aliphatic heterocycles. The molecule has 0 amide bonds. The van der Waals surface area contributed by atoms with Crippen molar-refractivity contribution in [3.63, 3.8) is 0 Å². The largest absolute Gasteiger partial charge is 0.396 e. The zero-order valence-electron chi connectivity index (χ0n) is 11.7. The van der Waals surface area contributed by atoms with Gasteiger partial charge in [0, 0.05) is 11.6 Å². The van der Waals surface area contributed by atoms with Crippen molar-refractivity contribution in [2.45, 2.75) is 32.0 Å². The Kier molecular flexibility index (Phi) is 3.40. The number of nitrogens with zero attached hydrogens (tertiary/aromatic N) is 3. The van der Waals surface area contributed by atoms with Crippen LogP contribution in [0.4, 0.5) is 5.95 Å². The highest BCUT2D eigenvalue weighted by molar-refractivity contribution is 5.37. The van der Waals surface area contributed by atoms with Gasteiger partial charge in [0.25, 0.3) is 0 Å². The molecule has 0 bridgehead atoms. The Morgan fingerprint density at radius 1 is 1.30 bits per heavy atom. The zero-order chi connectivity index (χ0) is 14.0. The Labute approximate surface area is 119 Å². The first-order chi connectivity index (χ1) is 9.75. The molecule has 1 aromatic carbocycles. The average molecular weight is 270 g/mol. The fourth-order valence-electron chi connectivity index (χ4n) is 2.78. The number of benzene rings is 1. The van der Waals surface area contributed by atoms with E-state index in [2.05, 4.69) is 11.9 Å². The molecule has 1 atom stereocenters. The first-order valence-corrected chi connectivity index (χ1v) is 7.15. The number of aromatic nitrogens is 2. The highest BCUT2D eigenvalue weighted by atomic mass is 16.3. The van der Waals surface area contributed by atoms with Crippen molar-refractivity contribution in [2.24, 2.45) is 0 Å². The van der Waals surface area contributed by atoms with Gasteiger partial charge < -0.3 is 5.11 Å². The number of hydrogen-bond donors (Lipinski definition) is 1. The van der Waals surface area contributed by atoms with E-state index < -0.39 is 5.72 Å². The molecule has 0 radical (unpaired) electrons. The van der Waals surface area contributed by atoms with Crippen molar-refractivity contribution in [2.75, 3.05) is 11.4 Å². The van der Waals surface area contributed by atoms with Crippen molar-refractivity contribution in [1.82, 2.24) is 4.98 Å². The van der Waals surface area contributed by atoms with Crippen molar-refractivity contribution < 1.29 is 9.67 Å². The summed E-state index contributed by atoms with van der Waals surface area (Å²) in [5, 5.41) is 11.2. The number of anilines is 1. The molecule has 1 aromatic heterocycles. The lowest BCUT2D eigenvalue weighted by molar-refractivity contribution is -0.685. The fourth-order valence-corrected chi connectivity index (χ4v) is 2.78. The number of rotatable bonds is 4. The minimum atomic E-state index is -1.00. The van der Waals surface area contributed by atoms with Gasteiger partial charge in [-0.3, -0.25) is 0 Å². The second-order valence-corrected chi connectivity index (χ2v) is 5.24. The Morgan fingerprint density at radius 2 is 2.10 bits per heavy atom. The van der Waals surface area contributed by atoms with Gasteiger partial charge in [-0.15, -0.1) is 0 Å². The van der Waals surface area contributed by atoms with Crippen LogP contribution in [0, 0.1) is 0 Å². The fraction of sp³-hybridized carbons (Fsp3) is 0.375. The van der Waals surface area contributed by atoms with Gasteiger partial charge in [-0.25, -0.2) is 9.47 Å². The summed E-state index contributed by atoms with van der Waals surface area (Å²) in [7, 11) is 0. The molecule has 0 aliphatic carbocycles. The first kappa shape index (κ1) is 13.1. The van der Waals surface area contributed by atoms with Crippen LogP contribution in [0.25, 0.3) is 0 Å². The third-order valence-corrected chi connectivity index (χ3v) is 3.85. The topological polar surface area (TPSA) is 40.2 Å². The summed E-state index contributed by atoms with van der Waals surface area (Å²) < 4.78 is 2.02. The molecule has 1 unspecified atom stereocenters. The molecule has 4 nitrogen and oxygen atoms in total. The van der Waals surface area contributed by atoms with Crippen molar-refractivity contribution in [1.29, 1.82) is 0 Å². The van der Waals surface area contributed by atoms with Gasteiger partial charge in [0.15, 0.2) is 0 Å². The molecule has 2 aromatic rings. The zero-order valence-corrected chi connectivity index (χ0v) is 11.7. The third kappa shape index (κ3) is 2.06. The minimum Gasteiger partial charge on any atom is -0.353 e. The quantitative estimate of drug-likeness (QED) is 0.862. The van der Waals surface area contributed by atoms with Crippen molar-refractivity contribution >= 4 is 5.95 Å². The first-order valence-electron chi connectivity index (χ1n) is 7.15. The Bertz CT molecular complexity index is 587. The Hall–Kier alpha value is -1.94. The highest BCUT2D eigenvalue weighted by Crippen LogP contribution is 2.33. The standard InChI is InChI=1S/C16H20N3O/c1-2-3-12-19-15-17-10-7-11-18(15)13-16(19,20)14-8-5-4-6-9-14/h4-11,20H,2-3,12-13H2,1H3/q+1. The monoisotopic (exact) mass is 270 g/mol. The molecule has 3 rings (SSSR count). The maximum Gasteiger partial charge on any atom is 0.396 e. The van der Waals surface area contributed by atoms with E-state index in [4.69, 9.17) is 0 Å². The summed E-state index contributed by atoms with van der Waals surface area (Å²) in [5.41, 5.74) is -0.0840. The van der Waals surface area contributed by atoms with Crippen LogP contribution in [-0.2, 0) is 12.3 Å². The second-order valence-electron chi connectivity index (χ2n) is 5.24. The molecule has 1 N–H and O–H groups in total. The van der Waals surface area contributed by atoms with E-state index in [9.17, 15) is 5.11 Å². The van der Waals surface area contributed by atoms with E-state index in [0.29, 0.717) is 6.54 Å². The van der Waals surface area contributed by atoms with Gasteiger partial charge in [0.1, 0.15) is 12.7 Å². The lowest BCUT2D eigenvalue weighted by Gasteiger charge is -2.28. The van der Waals surface area contributed by atoms with E-state index in [1.165, 1.54) is 0 Å². The molecule has 0 spiro atoms. The van der Waals surface area contributed by atoms with E-state index in [1.54, 1.807) is 6.20 Å². The predicted molar refractivity (Wildman–Crippen MR) is 77.0 cm³/mol. The minimum absolute atomic E-state index is 0.518. The smallest absolute Gasteiger partial charge is 0.353 e. The summed E-state index contributed by atoms with van der Waals surface area (Å²) in [6.07, 6.45) is 5.88. The normalized spacial score (nSPS) is 21.0. The van der Waals surface area contributed by atoms with Gasteiger partial charge in [-0.2, -0.15) is 0 Å². The number of aliphatic hydroxyl groups is 1. The summed E-state index contributed by atoms with van der Waals surface area (Å²) in [6.45, 7) is 3.48. The highest BCUT2D eigenvalue weighted by Gasteiger charge is 2.50. The second kappa shape index (κ2) is 5.21. The average Bonchev–Trinajstić information content (AvgIpc) is 2.79. The molecular weight excluding hydrogens is 250 g/mol. The van der Waals surface area contributed by atoms with Crippen LogP contribution in [0.2, 0.25) is 0 Å². The summed E-state index contributed by atoms with van der Waals surface area (Å²) in [4.78, 5) is 6.46. The van der Waals surface area contributed by atoms with Gasteiger partial charge in [-0.05, 0) is 6.42 Å². The summed E-state index contributed by atoms with van der Waals surface area (Å²) in [6, 6.07) is 11.8. The predicted octanol–water partition coefficient (Wildman–Crippen LogP) is 1.83. The maximum absolute atomic E-state index is 11.2. The van der Waals surface area contributed by atoms with Crippen LogP contribution in [0.15, 0.2) is 48.8 Å². The SMILES string of the molecule is CCCCN1c2nccc[n+]2CC1(O)c1ccccc1. The van der Waals surface area contributed by atoms with Gasteiger partial charge in [0.05, 0.1) is 12.7 Å². The molecule has 1 aliphatic rings. The van der Waals surface area contributed by atoms with Crippen LogP contribution in [-0.4, -0.2) is 16.6 Å². The molecule has 4 heteroatoms. The number of hydrogen-bond acceptors (Lipinski definition) is 3. The number of fused-ring (bicyclic) bond motifs is 1. The molecular formula is C16H20N3O+. The van der Waals surface area contributed by atoms with Crippen LogP contribution >= 0.6 is 0 Å². The molecule has 104 valence electrons. The van der Waals surface area contributed by atoms with E-state index in [1.807, 2.05) is 52.1 Å². The Morgan fingerprint density at radius 3 is 2.85 bits per heavy atom. The van der Waals surface area contributed by atoms with Crippen LogP contribution in [0.1, 0.15) is 25.3 Å². The van der Waals surface area contributed by atoms with E-state index >= 15 is 0 Å². The summed E-state index contributed by atoms with van der Waals surface area (Å²) in [5.74, 6) is 0.840.